The molecule has 0 spiro atoms. The number of halogens is 2. The van der Waals surface area contributed by atoms with E-state index >= 15 is 0 Å². The van der Waals surface area contributed by atoms with Crippen molar-refractivity contribution in [3.63, 3.8) is 0 Å². The van der Waals surface area contributed by atoms with Crippen molar-refractivity contribution in [3.05, 3.63) is 0 Å². The predicted octanol–water partition coefficient (Wildman–Crippen LogP) is -0.192. The minimum absolute atomic E-state index is 0.194. The molecule has 0 aromatic rings. The van der Waals surface area contributed by atoms with Gasteiger partial charge in [0.1, 0.15) is 0 Å². The summed E-state index contributed by atoms with van der Waals surface area (Å²) >= 11 is 9.53. The fourth-order valence-electron chi connectivity index (χ4n) is 0. The Morgan fingerprint density at radius 1 is 1.43 bits per heavy atom. The van der Waals surface area contributed by atoms with Crippen LogP contribution in [0.2, 0.25) is 0 Å². The Kier molecular flexibility index (Phi) is 13.9. The van der Waals surface area contributed by atoms with Crippen molar-refractivity contribution in [1.29, 1.82) is 0 Å². The van der Waals surface area contributed by atoms with Crippen molar-refractivity contribution in [1.82, 2.24) is 0 Å². The quantitative estimate of drug-likeness (QED) is 0.384. The van der Waals surface area contributed by atoms with Crippen LogP contribution >= 0.6 is 23.2 Å². The molecule has 0 rings (SSSR count). The highest BCUT2D eigenvalue weighted by Gasteiger charge is 1.85. The highest BCUT2D eigenvalue weighted by Crippen LogP contribution is 1.73. The summed E-state index contributed by atoms with van der Waals surface area (Å²) in [6.45, 7) is 0. The van der Waals surface area contributed by atoms with Crippen LogP contribution in [-0.2, 0) is 4.46 Å². The predicted molar refractivity (Wildman–Crippen MR) is 27.5 cm³/mol. The molecule has 0 unspecified atom stereocenters. The Morgan fingerprint density at radius 3 is 1.43 bits per heavy atom. The second kappa shape index (κ2) is 9.50. The van der Waals surface area contributed by atoms with Crippen molar-refractivity contribution in [2.75, 3.05) is 5.34 Å². The Morgan fingerprint density at radius 2 is 1.43 bits per heavy atom. The molecule has 0 radical (unpaired) electrons. The van der Waals surface area contributed by atoms with E-state index in [4.69, 9.17) is 37.3 Å². The smallest absolute Gasteiger partial charge is 0.511 e. The van der Waals surface area contributed by atoms with E-state index < -0.39 is 9.17 Å². The van der Waals surface area contributed by atoms with E-state index in [1.54, 1.807) is 0 Å². The summed E-state index contributed by atoms with van der Waals surface area (Å²) in [5.41, 5.74) is 0. The van der Waals surface area contributed by atoms with Gasteiger partial charge in [-0.1, -0.05) is 0 Å². The average molecular weight is 163 g/mol. The molecule has 0 fully saturated rings. The zero-order valence-electron chi connectivity index (χ0n) is 3.27. The van der Waals surface area contributed by atoms with Gasteiger partial charge in [0, 0.05) is 0 Å². The molecule has 0 aromatic carbocycles. The summed E-state index contributed by atoms with van der Waals surface area (Å²) in [4.78, 5) is 14.3. The first-order valence-corrected chi connectivity index (χ1v) is 3.56. The van der Waals surface area contributed by atoms with Crippen LogP contribution in [0.15, 0.2) is 0 Å². The molecule has 2 N–H and O–H groups in total. The van der Waals surface area contributed by atoms with Gasteiger partial charge in [-0.05, 0) is 0 Å². The van der Waals surface area contributed by atoms with E-state index in [0.717, 1.165) is 0 Å². The van der Waals surface area contributed by atoms with Gasteiger partial charge in [-0.15, -0.1) is 23.2 Å². The topological polar surface area (TPSA) is 57.5 Å². The SMILES string of the molecule is ClCCl.O=[Si](O)O. The molecule has 7 heavy (non-hydrogen) atoms. The minimum Gasteiger partial charge on any atom is -0.511 e. The zero-order valence-corrected chi connectivity index (χ0v) is 5.78. The van der Waals surface area contributed by atoms with Crippen LogP contribution < -0.4 is 0 Å². The lowest BCUT2D eigenvalue weighted by atomic mass is 11.9. The Labute approximate surface area is 52.4 Å². The number of alkyl halides is 2. The lowest BCUT2D eigenvalue weighted by molar-refractivity contribution is 0.330. The maximum Gasteiger partial charge on any atom is 0.761 e. The molecule has 0 bridgehead atoms. The van der Waals surface area contributed by atoms with Gasteiger partial charge in [-0.3, -0.25) is 4.46 Å². The summed E-state index contributed by atoms with van der Waals surface area (Å²) in [6.07, 6.45) is 0. The molecule has 0 saturated carbocycles. The van der Waals surface area contributed by atoms with Crippen molar-refractivity contribution in [3.8, 4) is 0 Å². The normalized spacial score (nSPS) is 6.00. The summed E-state index contributed by atoms with van der Waals surface area (Å²) in [7, 11) is -3.13. The fourth-order valence-corrected chi connectivity index (χ4v) is 0. The monoisotopic (exact) mass is 162 g/mol. The van der Waals surface area contributed by atoms with Gasteiger partial charge in [0.25, 0.3) is 0 Å². The first-order valence-electron chi connectivity index (χ1n) is 1.19. The molecule has 0 aromatic heterocycles. The van der Waals surface area contributed by atoms with Crippen LogP contribution in [0, 0.1) is 0 Å². The molecule has 3 nitrogen and oxygen atoms in total. The van der Waals surface area contributed by atoms with Crippen LogP contribution in [0.1, 0.15) is 0 Å². The van der Waals surface area contributed by atoms with Gasteiger partial charge in [0.15, 0.2) is 0 Å². The van der Waals surface area contributed by atoms with Crippen LogP contribution in [0.3, 0.4) is 0 Å². The van der Waals surface area contributed by atoms with Gasteiger partial charge in [0.2, 0.25) is 0 Å². The van der Waals surface area contributed by atoms with Gasteiger partial charge in [-0.2, -0.15) is 0 Å². The maximum absolute atomic E-state index is 8.74. The summed E-state index contributed by atoms with van der Waals surface area (Å²) in [5, 5.41) is 0.194. The van der Waals surface area contributed by atoms with E-state index in [2.05, 4.69) is 0 Å². The summed E-state index contributed by atoms with van der Waals surface area (Å²) in [5.74, 6) is 0. The average Bonchev–Trinajstić information content (AvgIpc) is 1.33. The molecule has 0 aliphatic heterocycles. The van der Waals surface area contributed by atoms with Crippen LogP contribution in [0.5, 0.6) is 0 Å². The zero-order chi connectivity index (χ0) is 6.28. The number of hydrogen-bond donors (Lipinski definition) is 2. The van der Waals surface area contributed by atoms with E-state index in [0.29, 0.717) is 0 Å². The first-order chi connectivity index (χ1) is 3.15. The molecule has 0 aliphatic rings. The molecule has 0 aliphatic carbocycles. The number of rotatable bonds is 0. The Hall–Kier alpha value is 0.197. The number of hydrogen-bond acceptors (Lipinski definition) is 1. The lowest BCUT2D eigenvalue weighted by Gasteiger charge is -1.55. The van der Waals surface area contributed by atoms with Crippen LogP contribution in [0.25, 0.3) is 0 Å². The van der Waals surface area contributed by atoms with Gasteiger partial charge < -0.3 is 9.59 Å². The minimum atomic E-state index is -3.13. The third-order valence-corrected chi connectivity index (χ3v) is 0. The molecule has 44 valence electrons. The van der Waals surface area contributed by atoms with Crippen molar-refractivity contribution in [2.24, 2.45) is 0 Å². The van der Waals surface area contributed by atoms with E-state index in [-0.39, 0.29) is 5.34 Å². The van der Waals surface area contributed by atoms with E-state index in [9.17, 15) is 0 Å². The molecule has 0 heterocycles. The molecular weight excluding hydrogens is 159 g/mol. The summed E-state index contributed by atoms with van der Waals surface area (Å²) in [6, 6.07) is 0. The third kappa shape index (κ3) is 2820. The second-order valence-electron chi connectivity index (χ2n) is 0.384. The van der Waals surface area contributed by atoms with E-state index in [1.807, 2.05) is 0 Å². The Bertz CT molecular complexity index is 44.2. The maximum atomic E-state index is 8.74. The largest absolute Gasteiger partial charge is 0.761 e. The standard InChI is InChI=1S/CH2Cl2.H2O3Si/c2-1-3;1-4(2)3/h1H2;1-2H. The van der Waals surface area contributed by atoms with Crippen molar-refractivity contribution < 1.29 is 14.1 Å². The molecular formula is CH4Cl2O3Si. The van der Waals surface area contributed by atoms with Crippen molar-refractivity contribution >= 4 is 32.4 Å². The van der Waals surface area contributed by atoms with Gasteiger partial charge >= 0.3 is 9.17 Å². The van der Waals surface area contributed by atoms with E-state index in [1.165, 1.54) is 0 Å². The highest BCUT2D eigenvalue weighted by atomic mass is 35.5. The lowest BCUT2D eigenvalue weighted by Crippen LogP contribution is -1.90. The molecule has 0 saturated heterocycles. The second-order valence-corrected chi connectivity index (χ2v) is 1.76. The van der Waals surface area contributed by atoms with Gasteiger partial charge in [0.05, 0.1) is 5.34 Å². The van der Waals surface area contributed by atoms with Crippen LogP contribution in [-0.4, -0.2) is 24.1 Å². The molecule has 0 amide bonds. The fraction of sp³-hybridized carbons (Fsp3) is 1.00. The van der Waals surface area contributed by atoms with Crippen LogP contribution in [0.4, 0.5) is 0 Å². The Balaban J connectivity index is 0. The third-order valence-electron chi connectivity index (χ3n) is 0. The molecule has 0 atom stereocenters. The van der Waals surface area contributed by atoms with Gasteiger partial charge in [-0.25, -0.2) is 0 Å². The van der Waals surface area contributed by atoms with Crippen molar-refractivity contribution in [2.45, 2.75) is 0 Å². The first kappa shape index (κ1) is 10.2. The molecule has 6 heteroatoms. The highest BCUT2D eigenvalue weighted by molar-refractivity contribution is 6.40. The summed E-state index contributed by atoms with van der Waals surface area (Å²) < 4.78 is 8.74.